The molecule has 0 amide bonds. The zero-order valence-electron chi connectivity index (χ0n) is 14.3. The number of carboxylic acid groups (broad SMARTS) is 1. The van der Waals surface area contributed by atoms with Gasteiger partial charge in [-0.05, 0) is 47.9 Å². The molecule has 0 aliphatic heterocycles. The third kappa shape index (κ3) is 5.01. The zero-order valence-corrected chi connectivity index (χ0v) is 16.7. The van der Waals surface area contributed by atoms with Crippen LogP contribution >= 0.6 is 34.5 Å². The summed E-state index contributed by atoms with van der Waals surface area (Å²) in [5.41, 5.74) is 1.91. The van der Waals surface area contributed by atoms with Crippen molar-refractivity contribution in [1.82, 2.24) is 0 Å². The van der Waals surface area contributed by atoms with Gasteiger partial charge in [0, 0.05) is 17.0 Å². The summed E-state index contributed by atoms with van der Waals surface area (Å²) in [5, 5.41) is 9.28. The minimum atomic E-state index is -1.04. The fourth-order valence-corrected chi connectivity index (χ4v) is 3.99. The molecule has 0 spiro atoms. The Kier molecular flexibility index (Phi) is 6.54. The molecule has 3 nitrogen and oxygen atoms in total. The van der Waals surface area contributed by atoms with Gasteiger partial charge in [-0.1, -0.05) is 35.3 Å². The molecule has 2 aromatic carbocycles. The molecule has 0 unspecified atom stereocenters. The molecule has 1 aromatic heterocycles. The average molecular weight is 443 g/mol. The van der Waals surface area contributed by atoms with E-state index in [2.05, 4.69) is 0 Å². The quantitative estimate of drug-likeness (QED) is 0.448. The van der Waals surface area contributed by atoms with Crippen molar-refractivity contribution < 1.29 is 23.4 Å². The fourth-order valence-electron chi connectivity index (χ4n) is 2.66. The van der Waals surface area contributed by atoms with Gasteiger partial charge in [0.25, 0.3) is 0 Å². The smallest absolute Gasteiger partial charge is 0.303 e. The summed E-state index contributed by atoms with van der Waals surface area (Å²) in [5.74, 6) is -3.30. The van der Waals surface area contributed by atoms with Gasteiger partial charge in [-0.25, -0.2) is 8.78 Å². The van der Waals surface area contributed by atoms with E-state index in [1.807, 2.05) is 12.1 Å². The molecule has 1 heterocycles. The van der Waals surface area contributed by atoms with E-state index >= 15 is 0 Å². The lowest BCUT2D eigenvalue weighted by Gasteiger charge is -2.11. The summed E-state index contributed by atoms with van der Waals surface area (Å²) in [7, 11) is 0. The molecule has 8 heteroatoms. The van der Waals surface area contributed by atoms with Gasteiger partial charge in [-0.3, -0.25) is 4.79 Å². The first-order valence-corrected chi connectivity index (χ1v) is 9.77. The summed E-state index contributed by atoms with van der Waals surface area (Å²) >= 11 is 13.3. The predicted octanol–water partition coefficient (Wildman–Crippen LogP) is 6.60. The van der Waals surface area contributed by atoms with Crippen molar-refractivity contribution in [3.05, 3.63) is 73.9 Å². The van der Waals surface area contributed by atoms with Crippen molar-refractivity contribution in [1.29, 1.82) is 0 Å². The molecule has 0 aliphatic carbocycles. The fraction of sp³-hybridized carbons (Fsp3) is 0.150. The number of hydrogen-bond acceptors (Lipinski definition) is 3. The van der Waals surface area contributed by atoms with Crippen LogP contribution < -0.4 is 4.74 Å². The number of benzene rings is 2. The van der Waals surface area contributed by atoms with E-state index in [1.165, 1.54) is 11.3 Å². The SMILES string of the molecule is O=C(O)CCc1cc(F)c(OCc2sc(Cl)cc2-c2ccc(Cl)cc2)c(F)c1. The van der Waals surface area contributed by atoms with E-state index in [1.54, 1.807) is 18.2 Å². The maximum atomic E-state index is 14.3. The average Bonchev–Trinajstić information content (AvgIpc) is 3.00. The Hall–Kier alpha value is -2.15. The second-order valence-corrected chi connectivity index (χ2v) is 8.17. The van der Waals surface area contributed by atoms with Gasteiger partial charge in [-0.2, -0.15) is 0 Å². The lowest BCUT2D eigenvalue weighted by molar-refractivity contribution is -0.136. The van der Waals surface area contributed by atoms with Gasteiger partial charge >= 0.3 is 5.97 Å². The van der Waals surface area contributed by atoms with Crippen molar-refractivity contribution in [2.24, 2.45) is 0 Å². The Balaban J connectivity index is 1.79. The maximum Gasteiger partial charge on any atom is 0.303 e. The first-order chi connectivity index (χ1) is 13.3. The highest BCUT2D eigenvalue weighted by Gasteiger charge is 2.16. The Morgan fingerprint density at radius 3 is 2.32 bits per heavy atom. The second kappa shape index (κ2) is 8.90. The molecule has 0 atom stereocenters. The number of carboxylic acids is 1. The van der Waals surface area contributed by atoms with Crippen LogP contribution in [0.3, 0.4) is 0 Å². The first kappa shape index (κ1) is 20.6. The van der Waals surface area contributed by atoms with Crippen molar-refractivity contribution in [3.8, 4) is 16.9 Å². The molecule has 0 bridgehead atoms. The summed E-state index contributed by atoms with van der Waals surface area (Å²) in [6, 6.07) is 11.1. The Morgan fingerprint density at radius 1 is 1.07 bits per heavy atom. The van der Waals surface area contributed by atoms with Crippen LogP contribution in [0.4, 0.5) is 8.78 Å². The highest BCUT2D eigenvalue weighted by atomic mass is 35.5. The highest BCUT2D eigenvalue weighted by Crippen LogP contribution is 2.36. The summed E-state index contributed by atoms with van der Waals surface area (Å²) in [4.78, 5) is 11.3. The van der Waals surface area contributed by atoms with Crippen molar-refractivity contribution >= 4 is 40.5 Å². The van der Waals surface area contributed by atoms with Gasteiger partial charge in [0.1, 0.15) is 6.61 Å². The van der Waals surface area contributed by atoms with E-state index < -0.39 is 23.4 Å². The van der Waals surface area contributed by atoms with Gasteiger partial charge in [-0.15, -0.1) is 11.3 Å². The summed E-state index contributed by atoms with van der Waals surface area (Å²) in [6.45, 7) is -0.0718. The number of thiophene rings is 1. The molecule has 0 saturated heterocycles. The Morgan fingerprint density at radius 2 is 1.71 bits per heavy atom. The lowest BCUT2D eigenvalue weighted by Crippen LogP contribution is -2.02. The van der Waals surface area contributed by atoms with Crippen LogP contribution in [-0.2, 0) is 17.8 Å². The van der Waals surface area contributed by atoms with Crippen molar-refractivity contribution in [2.75, 3.05) is 0 Å². The Bertz CT molecular complexity index is 980. The number of rotatable bonds is 7. The Labute approximate surface area is 174 Å². The summed E-state index contributed by atoms with van der Waals surface area (Å²) < 4.78 is 34.4. The molecule has 1 N–H and O–H groups in total. The number of halogens is 4. The molecule has 146 valence electrons. The molecule has 0 aliphatic rings. The van der Waals surface area contributed by atoms with Gasteiger partial charge in [0.2, 0.25) is 0 Å². The van der Waals surface area contributed by atoms with Crippen molar-refractivity contribution in [2.45, 2.75) is 19.4 Å². The number of ether oxygens (including phenoxy) is 1. The van der Waals surface area contributed by atoms with E-state index in [-0.39, 0.29) is 25.0 Å². The molecule has 3 aromatic rings. The van der Waals surface area contributed by atoms with Gasteiger partial charge < -0.3 is 9.84 Å². The zero-order chi connectivity index (χ0) is 20.3. The van der Waals surface area contributed by atoms with E-state index in [4.69, 9.17) is 33.0 Å². The van der Waals surface area contributed by atoms with Gasteiger partial charge in [0.15, 0.2) is 17.4 Å². The molecule has 28 heavy (non-hydrogen) atoms. The van der Waals surface area contributed by atoms with Crippen LogP contribution in [-0.4, -0.2) is 11.1 Å². The molecular formula is C20H14Cl2F2O3S. The third-order valence-corrected chi connectivity index (χ3v) is 5.46. The second-order valence-electron chi connectivity index (χ2n) is 5.97. The third-order valence-electron chi connectivity index (χ3n) is 3.97. The van der Waals surface area contributed by atoms with E-state index in [0.717, 1.165) is 23.3 Å². The minimum Gasteiger partial charge on any atom is -0.482 e. The maximum absolute atomic E-state index is 14.3. The van der Waals surface area contributed by atoms with Crippen LogP contribution in [0.5, 0.6) is 5.75 Å². The standard InChI is InChI=1S/C20H14Cl2F2O3S/c21-13-4-2-12(3-5-13)14-9-18(22)28-17(14)10-27-20-15(23)7-11(8-16(20)24)1-6-19(25)26/h2-5,7-9H,1,6,10H2,(H,25,26). The number of carbonyl (C=O) groups is 1. The van der Waals surface area contributed by atoms with Gasteiger partial charge in [0.05, 0.1) is 9.21 Å². The molecule has 3 rings (SSSR count). The van der Waals surface area contributed by atoms with E-state index in [9.17, 15) is 13.6 Å². The minimum absolute atomic E-state index is 0.0324. The molecule has 0 saturated carbocycles. The van der Waals surface area contributed by atoms with E-state index in [0.29, 0.717) is 14.2 Å². The first-order valence-electron chi connectivity index (χ1n) is 8.20. The van der Waals surface area contributed by atoms with Crippen LogP contribution in [0.2, 0.25) is 9.36 Å². The normalized spacial score (nSPS) is 10.9. The number of hydrogen-bond donors (Lipinski definition) is 1. The molecular weight excluding hydrogens is 429 g/mol. The summed E-state index contributed by atoms with van der Waals surface area (Å²) in [6.07, 6.45) is -0.179. The van der Waals surface area contributed by atoms with Crippen molar-refractivity contribution in [3.63, 3.8) is 0 Å². The molecule has 0 fully saturated rings. The predicted molar refractivity (Wildman–Crippen MR) is 106 cm³/mol. The number of aliphatic carboxylic acids is 1. The topological polar surface area (TPSA) is 46.5 Å². The van der Waals surface area contributed by atoms with Crippen LogP contribution in [0.15, 0.2) is 42.5 Å². The lowest BCUT2D eigenvalue weighted by atomic mass is 10.1. The highest BCUT2D eigenvalue weighted by molar-refractivity contribution is 7.16. The van der Waals surface area contributed by atoms with Crippen LogP contribution in [0.25, 0.3) is 11.1 Å². The largest absolute Gasteiger partial charge is 0.482 e. The monoisotopic (exact) mass is 442 g/mol. The number of aryl methyl sites for hydroxylation is 1. The van der Waals surface area contributed by atoms with Crippen LogP contribution in [0.1, 0.15) is 16.9 Å². The molecule has 0 radical (unpaired) electrons. The van der Waals surface area contributed by atoms with Crippen LogP contribution in [0, 0.1) is 11.6 Å².